The van der Waals surface area contributed by atoms with Crippen LogP contribution in [-0.4, -0.2) is 4.98 Å². The lowest BCUT2D eigenvalue weighted by molar-refractivity contribution is 1.26. The number of rotatable bonds is 2. The van der Waals surface area contributed by atoms with Crippen LogP contribution in [0.4, 0.5) is 10.8 Å². The molecule has 0 saturated carbocycles. The summed E-state index contributed by atoms with van der Waals surface area (Å²) in [6, 6.07) is 15.2. The minimum atomic E-state index is 0.874. The molecule has 3 aromatic rings. The Morgan fingerprint density at radius 2 is 1.90 bits per heavy atom. The second kappa shape index (κ2) is 4.72. The number of nitrogens with one attached hydrogen (secondary N) is 1. The van der Waals surface area contributed by atoms with Crippen molar-refractivity contribution < 1.29 is 0 Å². The maximum absolute atomic E-state index is 4.36. The Kier molecular flexibility index (Phi) is 2.86. The van der Waals surface area contributed by atoms with E-state index in [1.807, 2.05) is 5.38 Å². The van der Waals surface area contributed by atoms with Crippen LogP contribution in [0.1, 0.15) is 11.1 Å². The molecule has 0 fully saturated rings. The Bertz CT molecular complexity index is 795. The fraction of sp³-hybridized carbons (Fsp3) is 0.0625. The first-order chi connectivity index (χ1) is 9.79. The molecule has 0 bridgehead atoms. The third-order valence-corrected chi connectivity index (χ3v) is 4.99. The Hall–Kier alpha value is -1.65. The van der Waals surface area contributed by atoms with Crippen molar-refractivity contribution in [3.8, 4) is 11.1 Å². The summed E-state index contributed by atoms with van der Waals surface area (Å²) in [5, 5.41) is 6.25. The van der Waals surface area contributed by atoms with Gasteiger partial charge in [-0.1, -0.05) is 30.3 Å². The highest BCUT2D eigenvalue weighted by Crippen LogP contribution is 2.38. The zero-order valence-electron chi connectivity index (χ0n) is 10.6. The summed E-state index contributed by atoms with van der Waals surface area (Å²) in [4.78, 5) is 4.36. The first kappa shape index (κ1) is 12.1. The number of benzene rings is 2. The third kappa shape index (κ3) is 2.05. The molecule has 20 heavy (non-hydrogen) atoms. The molecule has 4 rings (SSSR count). The van der Waals surface area contributed by atoms with Gasteiger partial charge in [0.25, 0.3) is 0 Å². The molecule has 0 amide bonds. The van der Waals surface area contributed by atoms with Crippen LogP contribution in [0, 0.1) is 0 Å². The van der Waals surface area contributed by atoms with Crippen LogP contribution >= 0.6 is 27.3 Å². The maximum Gasteiger partial charge on any atom is 0.188 e. The molecule has 0 radical (unpaired) electrons. The molecule has 0 atom stereocenters. The van der Waals surface area contributed by atoms with E-state index in [4.69, 9.17) is 0 Å². The Morgan fingerprint density at radius 3 is 2.75 bits per heavy atom. The third-order valence-electron chi connectivity index (χ3n) is 3.52. The summed E-state index contributed by atoms with van der Waals surface area (Å²) in [5.74, 6) is 0. The molecule has 1 N–H and O–H groups in total. The van der Waals surface area contributed by atoms with E-state index in [2.05, 4.69) is 68.7 Å². The second-order valence-corrected chi connectivity index (χ2v) is 6.48. The van der Waals surface area contributed by atoms with Crippen LogP contribution < -0.4 is 5.32 Å². The molecule has 0 unspecified atom stereocenters. The molecule has 1 aliphatic rings. The lowest BCUT2D eigenvalue weighted by atomic mass is 10.1. The SMILES string of the molecule is Brc1csc(Nc2ccc3c(c2)Cc2ccccc2-3)n1. The quantitative estimate of drug-likeness (QED) is 0.540. The Morgan fingerprint density at radius 1 is 1.05 bits per heavy atom. The van der Waals surface area contributed by atoms with Crippen LogP contribution in [0.5, 0.6) is 0 Å². The zero-order chi connectivity index (χ0) is 13.5. The summed E-state index contributed by atoms with van der Waals surface area (Å²) >= 11 is 4.97. The minimum Gasteiger partial charge on any atom is -0.332 e. The maximum atomic E-state index is 4.36. The first-order valence-electron chi connectivity index (χ1n) is 6.39. The number of halogens is 1. The van der Waals surface area contributed by atoms with E-state index in [0.717, 1.165) is 21.8 Å². The average molecular weight is 343 g/mol. The molecule has 1 aromatic heterocycles. The summed E-state index contributed by atoms with van der Waals surface area (Å²) in [5.41, 5.74) is 6.61. The van der Waals surface area contributed by atoms with Crippen molar-refractivity contribution in [2.24, 2.45) is 0 Å². The van der Waals surface area contributed by atoms with Gasteiger partial charge >= 0.3 is 0 Å². The summed E-state index contributed by atoms with van der Waals surface area (Å²) in [6.45, 7) is 0. The van der Waals surface area contributed by atoms with E-state index in [0.29, 0.717) is 0 Å². The van der Waals surface area contributed by atoms with Crippen molar-refractivity contribution in [1.82, 2.24) is 4.98 Å². The van der Waals surface area contributed by atoms with E-state index in [9.17, 15) is 0 Å². The van der Waals surface area contributed by atoms with Crippen molar-refractivity contribution >= 4 is 38.1 Å². The molecule has 1 aliphatic carbocycles. The predicted octanol–water partition coefficient (Wildman–Crippen LogP) is 5.22. The van der Waals surface area contributed by atoms with Gasteiger partial charge < -0.3 is 5.32 Å². The molecule has 0 saturated heterocycles. The molecule has 98 valence electrons. The molecular formula is C16H11BrN2S. The lowest BCUT2D eigenvalue weighted by Gasteiger charge is -2.06. The molecule has 2 nitrogen and oxygen atoms in total. The number of nitrogens with zero attached hydrogens (tertiary/aromatic N) is 1. The van der Waals surface area contributed by atoms with Crippen molar-refractivity contribution in [2.75, 3.05) is 5.32 Å². The number of anilines is 2. The fourth-order valence-electron chi connectivity index (χ4n) is 2.66. The van der Waals surface area contributed by atoms with Gasteiger partial charge in [0.1, 0.15) is 4.60 Å². The van der Waals surface area contributed by atoms with Crippen molar-refractivity contribution in [3.05, 3.63) is 63.6 Å². The number of thiazole rings is 1. The molecule has 2 aromatic carbocycles. The zero-order valence-corrected chi connectivity index (χ0v) is 13.0. The normalized spacial score (nSPS) is 12.1. The molecule has 4 heteroatoms. The predicted molar refractivity (Wildman–Crippen MR) is 87.8 cm³/mol. The van der Waals surface area contributed by atoms with Crippen LogP contribution in [0.15, 0.2) is 52.4 Å². The van der Waals surface area contributed by atoms with Crippen LogP contribution in [0.2, 0.25) is 0 Å². The van der Waals surface area contributed by atoms with Gasteiger partial charge in [-0.2, -0.15) is 0 Å². The van der Waals surface area contributed by atoms with E-state index >= 15 is 0 Å². The van der Waals surface area contributed by atoms with Gasteiger partial charge in [0.05, 0.1) is 0 Å². The van der Waals surface area contributed by atoms with Crippen molar-refractivity contribution in [3.63, 3.8) is 0 Å². The number of fused-ring (bicyclic) bond motifs is 3. The Balaban J connectivity index is 1.68. The molecule has 1 heterocycles. The fourth-order valence-corrected chi connectivity index (χ4v) is 3.82. The van der Waals surface area contributed by atoms with Crippen LogP contribution in [0.3, 0.4) is 0 Å². The first-order valence-corrected chi connectivity index (χ1v) is 8.06. The largest absolute Gasteiger partial charge is 0.332 e. The van der Waals surface area contributed by atoms with Crippen LogP contribution in [-0.2, 0) is 6.42 Å². The smallest absolute Gasteiger partial charge is 0.188 e. The second-order valence-electron chi connectivity index (χ2n) is 4.81. The number of hydrogen-bond acceptors (Lipinski definition) is 3. The van der Waals surface area contributed by atoms with Crippen LogP contribution in [0.25, 0.3) is 11.1 Å². The number of aromatic nitrogens is 1. The summed E-state index contributed by atoms with van der Waals surface area (Å²) in [6.07, 6.45) is 1.02. The summed E-state index contributed by atoms with van der Waals surface area (Å²) < 4.78 is 0.874. The Labute approximate surface area is 129 Å². The number of hydrogen-bond donors (Lipinski definition) is 1. The van der Waals surface area contributed by atoms with E-state index in [1.165, 1.54) is 22.3 Å². The van der Waals surface area contributed by atoms with E-state index < -0.39 is 0 Å². The molecule has 0 aliphatic heterocycles. The minimum absolute atomic E-state index is 0.874. The van der Waals surface area contributed by atoms with Gasteiger partial charge in [0, 0.05) is 11.1 Å². The highest BCUT2D eigenvalue weighted by Gasteiger charge is 2.17. The molecule has 0 spiro atoms. The highest BCUT2D eigenvalue weighted by molar-refractivity contribution is 9.10. The van der Waals surface area contributed by atoms with Gasteiger partial charge in [-0.25, -0.2) is 4.98 Å². The van der Waals surface area contributed by atoms with Gasteiger partial charge in [0.15, 0.2) is 5.13 Å². The van der Waals surface area contributed by atoms with E-state index in [-0.39, 0.29) is 0 Å². The van der Waals surface area contributed by atoms with Crippen molar-refractivity contribution in [2.45, 2.75) is 6.42 Å². The molecular weight excluding hydrogens is 332 g/mol. The van der Waals surface area contributed by atoms with Gasteiger partial charge in [-0.15, -0.1) is 11.3 Å². The lowest BCUT2D eigenvalue weighted by Crippen LogP contribution is -1.91. The van der Waals surface area contributed by atoms with Gasteiger partial charge in [-0.3, -0.25) is 0 Å². The topological polar surface area (TPSA) is 24.9 Å². The highest BCUT2D eigenvalue weighted by atomic mass is 79.9. The average Bonchev–Trinajstić information content (AvgIpc) is 3.01. The van der Waals surface area contributed by atoms with E-state index in [1.54, 1.807) is 11.3 Å². The standard InChI is InChI=1S/C16H11BrN2S/c17-15-9-20-16(19-15)18-12-5-6-14-11(8-12)7-10-3-1-2-4-13(10)14/h1-6,8-9H,7H2,(H,18,19). The monoisotopic (exact) mass is 342 g/mol. The summed E-state index contributed by atoms with van der Waals surface area (Å²) in [7, 11) is 0. The van der Waals surface area contributed by atoms with Gasteiger partial charge in [0.2, 0.25) is 0 Å². The van der Waals surface area contributed by atoms with Gasteiger partial charge in [-0.05, 0) is 56.7 Å². The van der Waals surface area contributed by atoms with Crippen molar-refractivity contribution in [1.29, 1.82) is 0 Å².